The summed E-state index contributed by atoms with van der Waals surface area (Å²) in [6.07, 6.45) is 2.95. The maximum atomic E-state index is 13.2. The van der Waals surface area contributed by atoms with Crippen molar-refractivity contribution in [1.29, 1.82) is 0 Å². The molecule has 3 heterocycles. The van der Waals surface area contributed by atoms with E-state index in [-0.39, 0.29) is 29.9 Å². The lowest BCUT2D eigenvalue weighted by molar-refractivity contribution is -0.309. The monoisotopic (exact) mass is 427 g/mol. The normalized spacial score (nSPS) is 20.0. The maximum Gasteiger partial charge on any atom is 0.258 e. The Balaban J connectivity index is 1.54. The van der Waals surface area contributed by atoms with Gasteiger partial charge in [0.1, 0.15) is 6.61 Å². The topological polar surface area (TPSA) is 91.7 Å². The van der Waals surface area contributed by atoms with Crippen LogP contribution in [-0.2, 0) is 20.9 Å². The van der Waals surface area contributed by atoms with Gasteiger partial charge in [-0.25, -0.2) is 0 Å². The van der Waals surface area contributed by atoms with Crippen LogP contribution in [0.1, 0.15) is 18.0 Å². The van der Waals surface area contributed by atoms with E-state index in [9.17, 15) is 19.5 Å². The number of thioether (sulfide) groups is 1. The van der Waals surface area contributed by atoms with Crippen molar-refractivity contribution >= 4 is 23.6 Å². The van der Waals surface area contributed by atoms with Gasteiger partial charge in [0.05, 0.1) is 12.6 Å². The number of hydrogen-bond acceptors (Lipinski definition) is 6. The first-order valence-corrected chi connectivity index (χ1v) is 11.1. The van der Waals surface area contributed by atoms with Crippen molar-refractivity contribution in [2.24, 2.45) is 5.92 Å². The molecule has 8 heteroatoms. The molecule has 0 unspecified atom stereocenters. The highest BCUT2D eigenvalue weighted by Gasteiger charge is 2.36. The smallest absolute Gasteiger partial charge is 0.258 e. The highest BCUT2D eigenvalue weighted by Crippen LogP contribution is 2.36. The van der Waals surface area contributed by atoms with E-state index in [1.807, 2.05) is 47.2 Å². The van der Waals surface area contributed by atoms with Crippen LogP contribution in [0.5, 0.6) is 0 Å². The third-order valence-corrected chi connectivity index (χ3v) is 6.55. The Hall–Kier alpha value is -2.58. The second kappa shape index (κ2) is 8.65. The zero-order valence-corrected chi connectivity index (χ0v) is 17.5. The zero-order valence-electron chi connectivity index (χ0n) is 16.7. The summed E-state index contributed by atoms with van der Waals surface area (Å²) in [5.74, 6) is -1.30. The van der Waals surface area contributed by atoms with Gasteiger partial charge in [0.15, 0.2) is 0 Å². The lowest BCUT2D eigenvalue weighted by Gasteiger charge is -2.42. The van der Waals surface area contributed by atoms with Gasteiger partial charge in [0.2, 0.25) is 5.91 Å². The number of rotatable bonds is 6. The molecular formula is C22H23N2O5S-. The van der Waals surface area contributed by atoms with Crippen LogP contribution in [0.3, 0.4) is 0 Å². The molecule has 4 rings (SSSR count). The van der Waals surface area contributed by atoms with Crippen LogP contribution in [-0.4, -0.2) is 53.9 Å². The van der Waals surface area contributed by atoms with Crippen molar-refractivity contribution < 1.29 is 19.4 Å². The molecule has 7 nitrogen and oxygen atoms in total. The molecule has 0 radical (unpaired) electrons. The summed E-state index contributed by atoms with van der Waals surface area (Å²) in [5.41, 5.74) is 2.56. The lowest BCUT2D eigenvalue weighted by Crippen LogP contribution is -2.50. The van der Waals surface area contributed by atoms with E-state index < -0.39 is 12.6 Å². The fraction of sp³-hybridized carbons (Fsp3) is 0.409. The van der Waals surface area contributed by atoms with Gasteiger partial charge in [-0.05, 0) is 48.4 Å². The molecule has 0 aliphatic carbocycles. The van der Waals surface area contributed by atoms with Gasteiger partial charge in [0.25, 0.3) is 5.56 Å². The van der Waals surface area contributed by atoms with Gasteiger partial charge in [-0.2, -0.15) is 0 Å². The number of carboxylic acids is 1. The molecule has 2 aliphatic heterocycles. The van der Waals surface area contributed by atoms with Gasteiger partial charge in [-0.15, -0.1) is 11.8 Å². The molecule has 2 aliphatic rings. The van der Waals surface area contributed by atoms with Gasteiger partial charge in [-0.1, -0.05) is 12.1 Å². The predicted octanol–water partition coefficient (Wildman–Crippen LogP) is 0.949. The molecule has 2 aromatic rings. The molecule has 1 saturated heterocycles. The summed E-state index contributed by atoms with van der Waals surface area (Å²) in [6, 6.07) is 11.9. The fourth-order valence-corrected chi connectivity index (χ4v) is 4.86. The predicted molar refractivity (Wildman–Crippen MR) is 111 cm³/mol. The maximum absolute atomic E-state index is 13.2. The standard InChI is InChI=1S/C22H24N2O5S/c1-30-17-4-2-15(3-5-17)18-6-7-19-16-8-14(10-24(19)22(18)28)9-23(11-16)20(25)12-29-13-21(26)27/h2-7,14,16H,8-13H2,1H3,(H,26,27)/p-1/t14-,16+/m0/s1. The molecule has 1 amide bonds. The van der Waals surface area contributed by atoms with E-state index in [4.69, 9.17) is 4.74 Å². The number of likely N-dealkylation sites (tertiary alicyclic amines) is 1. The minimum absolute atomic E-state index is 0.0103. The highest BCUT2D eigenvalue weighted by atomic mass is 32.2. The Labute approximate surface area is 178 Å². The number of fused-ring (bicyclic) bond motifs is 4. The second-order valence-electron chi connectivity index (χ2n) is 7.78. The molecule has 0 saturated carbocycles. The van der Waals surface area contributed by atoms with Gasteiger partial charge < -0.3 is 24.1 Å². The lowest BCUT2D eigenvalue weighted by atomic mass is 9.82. The first kappa shape index (κ1) is 20.7. The van der Waals surface area contributed by atoms with Crippen molar-refractivity contribution in [3.05, 3.63) is 52.4 Å². The number of ether oxygens (including phenoxy) is 1. The summed E-state index contributed by atoms with van der Waals surface area (Å²) in [4.78, 5) is 38.9. The molecule has 2 bridgehead atoms. The van der Waals surface area contributed by atoms with E-state index >= 15 is 0 Å². The molecule has 1 aromatic carbocycles. The van der Waals surface area contributed by atoms with E-state index in [0.717, 1.165) is 22.6 Å². The molecule has 0 spiro atoms. The van der Waals surface area contributed by atoms with Crippen molar-refractivity contribution in [2.45, 2.75) is 23.8 Å². The number of carbonyl (C=O) groups excluding carboxylic acids is 2. The quantitative estimate of drug-likeness (QED) is 0.638. The van der Waals surface area contributed by atoms with Crippen molar-refractivity contribution in [3.8, 4) is 11.1 Å². The summed E-state index contributed by atoms with van der Waals surface area (Å²) in [5, 5.41) is 10.5. The average molecular weight is 428 g/mol. The number of carbonyl (C=O) groups is 2. The number of nitrogens with zero attached hydrogens (tertiary/aromatic N) is 2. The number of aromatic nitrogens is 1. The minimum atomic E-state index is -1.34. The van der Waals surface area contributed by atoms with Crippen LogP contribution >= 0.6 is 11.8 Å². The molecule has 158 valence electrons. The van der Waals surface area contributed by atoms with Crippen LogP contribution in [0, 0.1) is 5.92 Å². The fourth-order valence-electron chi connectivity index (χ4n) is 4.45. The number of piperidine rings is 1. The zero-order chi connectivity index (χ0) is 21.3. The largest absolute Gasteiger partial charge is 0.548 e. The van der Waals surface area contributed by atoms with E-state index in [1.54, 1.807) is 16.7 Å². The molecular weight excluding hydrogens is 404 g/mol. The number of benzene rings is 1. The number of pyridine rings is 1. The van der Waals surface area contributed by atoms with Crippen molar-refractivity contribution in [3.63, 3.8) is 0 Å². The third kappa shape index (κ3) is 4.15. The summed E-state index contributed by atoms with van der Waals surface area (Å²) < 4.78 is 6.76. The summed E-state index contributed by atoms with van der Waals surface area (Å²) in [7, 11) is 0. The number of carboxylic acid groups (broad SMARTS) is 1. The summed E-state index contributed by atoms with van der Waals surface area (Å²) in [6.45, 7) is 0.759. The second-order valence-corrected chi connectivity index (χ2v) is 8.66. The van der Waals surface area contributed by atoms with E-state index in [1.165, 1.54) is 0 Å². The third-order valence-electron chi connectivity index (χ3n) is 5.80. The van der Waals surface area contributed by atoms with Crippen molar-refractivity contribution in [2.75, 3.05) is 32.6 Å². The molecule has 30 heavy (non-hydrogen) atoms. The number of hydrogen-bond donors (Lipinski definition) is 0. The molecule has 0 N–H and O–H groups in total. The first-order valence-electron chi connectivity index (χ1n) is 9.89. The number of amides is 1. The van der Waals surface area contributed by atoms with E-state index in [0.29, 0.717) is 25.2 Å². The first-order chi connectivity index (χ1) is 14.5. The van der Waals surface area contributed by atoms with Crippen LogP contribution < -0.4 is 10.7 Å². The Morgan fingerprint density at radius 3 is 2.57 bits per heavy atom. The van der Waals surface area contributed by atoms with E-state index in [2.05, 4.69) is 0 Å². The molecule has 1 aromatic heterocycles. The molecule has 2 atom stereocenters. The Kier molecular flexibility index (Phi) is 5.97. The Morgan fingerprint density at radius 2 is 1.87 bits per heavy atom. The summed E-state index contributed by atoms with van der Waals surface area (Å²) >= 11 is 1.66. The van der Waals surface area contributed by atoms with Crippen LogP contribution in [0.2, 0.25) is 0 Å². The Bertz CT molecular complexity index is 1020. The molecule has 1 fully saturated rings. The minimum Gasteiger partial charge on any atom is -0.548 e. The van der Waals surface area contributed by atoms with Gasteiger partial charge in [-0.3, -0.25) is 9.59 Å². The van der Waals surface area contributed by atoms with Crippen LogP contribution in [0.25, 0.3) is 11.1 Å². The number of aliphatic carboxylic acids is 1. The SMILES string of the molecule is CSc1ccc(-c2ccc3n(c2=O)C[C@H]2C[C@@H]3CN(C(=O)COCC(=O)[O-])C2)cc1. The van der Waals surface area contributed by atoms with Gasteiger partial charge in [0, 0.05) is 41.7 Å². The van der Waals surface area contributed by atoms with Crippen LogP contribution in [0.15, 0.2) is 46.1 Å². The Morgan fingerprint density at radius 1 is 1.10 bits per heavy atom. The van der Waals surface area contributed by atoms with Gasteiger partial charge >= 0.3 is 0 Å². The van der Waals surface area contributed by atoms with Crippen LogP contribution in [0.4, 0.5) is 0 Å². The average Bonchev–Trinajstić information content (AvgIpc) is 2.74. The van der Waals surface area contributed by atoms with Crippen molar-refractivity contribution in [1.82, 2.24) is 9.47 Å². The highest BCUT2D eigenvalue weighted by molar-refractivity contribution is 7.98.